The topological polar surface area (TPSA) is 61.7 Å². The zero-order chi connectivity index (χ0) is 14.1. The molecule has 20 heavy (non-hydrogen) atoms. The first-order valence-electron chi connectivity index (χ1n) is 6.98. The van der Waals surface area contributed by atoms with Crippen molar-refractivity contribution in [2.75, 3.05) is 5.73 Å². The van der Waals surface area contributed by atoms with E-state index in [9.17, 15) is 0 Å². The monoisotopic (exact) mass is 269 g/mol. The molecule has 0 atom stereocenters. The summed E-state index contributed by atoms with van der Waals surface area (Å²) < 4.78 is 3.92. The van der Waals surface area contributed by atoms with Crippen molar-refractivity contribution in [3.63, 3.8) is 0 Å². The summed E-state index contributed by atoms with van der Waals surface area (Å²) in [4.78, 5) is 4.69. The molecule has 5 heteroatoms. The summed E-state index contributed by atoms with van der Waals surface area (Å²) in [6.45, 7) is 5.04. The third-order valence-corrected chi connectivity index (χ3v) is 3.42. The van der Waals surface area contributed by atoms with E-state index >= 15 is 0 Å². The van der Waals surface area contributed by atoms with E-state index in [0.29, 0.717) is 5.82 Å². The summed E-state index contributed by atoms with van der Waals surface area (Å²) in [5, 5.41) is 4.45. The number of hydrogen-bond donors (Lipinski definition) is 1. The molecule has 0 unspecified atom stereocenters. The highest BCUT2D eigenvalue weighted by Gasteiger charge is 2.14. The zero-order valence-electron chi connectivity index (χ0n) is 11.9. The van der Waals surface area contributed by atoms with Crippen molar-refractivity contribution in [2.24, 2.45) is 0 Å². The Morgan fingerprint density at radius 2 is 2.05 bits per heavy atom. The van der Waals surface area contributed by atoms with Crippen LogP contribution in [0.2, 0.25) is 0 Å². The Kier molecular flexibility index (Phi) is 3.18. The Labute approximate surface area is 118 Å². The first-order valence-corrected chi connectivity index (χ1v) is 6.98. The van der Waals surface area contributed by atoms with Crippen molar-refractivity contribution in [3.8, 4) is 5.95 Å². The lowest BCUT2D eigenvalue weighted by Gasteiger charge is -2.09. The smallest absolute Gasteiger partial charge is 0.233 e. The molecule has 0 aliphatic heterocycles. The molecule has 0 saturated carbocycles. The molecule has 0 aliphatic rings. The van der Waals surface area contributed by atoms with Crippen LogP contribution >= 0.6 is 0 Å². The fourth-order valence-electron chi connectivity index (χ4n) is 2.44. The number of rotatable bonds is 4. The molecule has 3 rings (SSSR count). The van der Waals surface area contributed by atoms with E-state index in [1.807, 2.05) is 31.2 Å². The van der Waals surface area contributed by atoms with Crippen LogP contribution in [0.3, 0.4) is 0 Å². The van der Waals surface area contributed by atoms with E-state index < -0.39 is 0 Å². The van der Waals surface area contributed by atoms with Gasteiger partial charge in [-0.2, -0.15) is 9.78 Å². The Hall–Kier alpha value is -2.30. The van der Waals surface area contributed by atoms with E-state index in [2.05, 4.69) is 22.7 Å². The van der Waals surface area contributed by atoms with Crippen molar-refractivity contribution in [2.45, 2.75) is 33.2 Å². The lowest BCUT2D eigenvalue weighted by molar-refractivity contribution is 0.617. The van der Waals surface area contributed by atoms with Gasteiger partial charge in [-0.05, 0) is 25.5 Å². The molecule has 0 radical (unpaired) electrons. The van der Waals surface area contributed by atoms with Crippen molar-refractivity contribution in [3.05, 3.63) is 36.0 Å². The minimum atomic E-state index is 0.621. The lowest BCUT2D eigenvalue weighted by Crippen LogP contribution is -2.10. The molecule has 2 aromatic heterocycles. The third kappa shape index (κ3) is 2.05. The van der Waals surface area contributed by atoms with Crippen LogP contribution in [0, 0.1) is 6.92 Å². The largest absolute Gasteiger partial charge is 0.383 e. The highest BCUT2D eigenvalue weighted by molar-refractivity contribution is 5.77. The van der Waals surface area contributed by atoms with Gasteiger partial charge in [0.1, 0.15) is 5.82 Å². The normalized spacial score (nSPS) is 11.3. The highest BCUT2D eigenvalue weighted by Crippen LogP contribution is 2.21. The zero-order valence-corrected chi connectivity index (χ0v) is 11.9. The predicted octanol–water partition coefficient (Wildman–Crippen LogP) is 2.91. The van der Waals surface area contributed by atoms with Gasteiger partial charge >= 0.3 is 0 Å². The fraction of sp³-hybridized carbons (Fsp3) is 0.333. The van der Waals surface area contributed by atoms with Gasteiger partial charge in [-0.3, -0.25) is 0 Å². The van der Waals surface area contributed by atoms with E-state index in [1.165, 1.54) is 0 Å². The van der Waals surface area contributed by atoms with Gasteiger partial charge in [-0.25, -0.2) is 4.98 Å². The number of hydrogen-bond acceptors (Lipinski definition) is 3. The molecule has 3 aromatic rings. The van der Waals surface area contributed by atoms with Gasteiger partial charge in [0.15, 0.2) is 0 Å². The van der Waals surface area contributed by atoms with Crippen LogP contribution in [0.1, 0.15) is 25.5 Å². The maximum atomic E-state index is 6.04. The molecule has 5 nitrogen and oxygen atoms in total. The molecular weight excluding hydrogens is 250 g/mol. The average molecular weight is 269 g/mol. The fourth-order valence-corrected chi connectivity index (χ4v) is 2.44. The molecule has 0 amide bonds. The molecule has 0 aliphatic carbocycles. The van der Waals surface area contributed by atoms with Gasteiger partial charge < -0.3 is 10.3 Å². The number of aryl methyl sites for hydroxylation is 2. The summed E-state index contributed by atoms with van der Waals surface area (Å²) in [5.74, 6) is 1.42. The van der Waals surface area contributed by atoms with Gasteiger partial charge in [-0.1, -0.05) is 25.5 Å². The molecule has 0 fully saturated rings. The molecule has 2 heterocycles. The van der Waals surface area contributed by atoms with Crippen LogP contribution in [0.5, 0.6) is 0 Å². The van der Waals surface area contributed by atoms with E-state index in [4.69, 9.17) is 10.7 Å². The number of imidazole rings is 1. The Morgan fingerprint density at radius 3 is 2.75 bits per heavy atom. The summed E-state index contributed by atoms with van der Waals surface area (Å²) in [7, 11) is 0. The number of aromatic nitrogens is 4. The van der Waals surface area contributed by atoms with Crippen LogP contribution < -0.4 is 5.73 Å². The van der Waals surface area contributed by atoms with Crippen molar-refractivity contribution >= 4 is 16.9 Å². The Balaban J connectivity index is 2.20. The second-order valence-electron chi connectivity index (χ2n) is 5.03. The van der Waals surface area contributed by atoms with Crippen molar-refractivity contribution in [1.82, 2.24) is 19.3 Å². The number of para-hydroxylation sites is 2. The summed E-state index contributed by atoms with van der Waals surface area (Å²) in [6.07, 6.45) is 2.24. The minimum absolute atomic E-state index is 0.621. The number of benzene rings is 1. The third-order valence-electron chi connectivity index (χ3n) is 3.42. The number of anilines is 1. The summed E-state index contributed by atoms with van der Waals surface area (Å²) >= 11 is 0. The molecule has 0 saturated heterocycles. The van der Waals surface area contributed by atoms with Crippen LogP contribution in [0.4, 0.5) is 5.82 Å². The Morgan fingerprint density at radius 1 is 1.25 bits per heavy atom. The van der Waals surface area contributed by atoms with Crippen LogP contribution in [0.25, 0.3) is 17.0 Å². The first-order chi connectivity index (χ1) is 9.70. The maximum absolute atomic E-state index is 6.04. The first kappa shape index (κ1) is 12.7. The lowest BCUT2D eigenvalue weighted by atomic mass is 10.3. The number of nitrogen functional groups attached to an aromatic ring is 1. The molecule has 104 valence electrons. The second kappa shape index (κ2) is 5.00. The highest BCUT2D eigenvalue weighted by atomic mass is 15.4. The van der Waals surface area contributed by atoms with E-state index in [-0.39, 0.29) is 0 Å². The second-order valence-corrected chi connectivity index (χ2v) is 5.03. The summed E-state index contributed by atoms with van der Waals surface area (Å²) in [6, 6.07) is 10.0. The molecular formula is C15H19N5. The van der Waals surface area contributed by atoms with Gasteiger partial charge in [-0.15, -0.1) is 0 Å². The number of nitrogens with zero attached hydrogens (tertiary/aromatic N) is 4. The van der Waals surface area contributed by atoms with E-state index in [0.717, 1.165) is 42.1 Å². The van der Waals surface area contributed by atoms with E-state index in [1.54, 1.807) is 4.68 Å². The minimum Gasteiger partial charge on any atom is -0.383 e. The van der Waals surface area contributed by atoms with Gasteiger partial charge in [0.05, 0.1) is 16.7 Å². The van der Waals surface area contributed by atoms with Gasteiger partial charge in [0.25, 0.3) is 0 Å². The molecule has 2 N–H and O–H groups in total. The van der Waals surface area contributed by atoms with Crippen LogP contribution in [-0.2, 0) is 6.54 Å². The molecule has 1 aromatic carbocycles. The predicted molar refractivity (Wildman–Crippen MR) is 80.9 cm³/mol. The average Bonchev–Trinajstić information content (AvgIpc) is 2.96. The Bertz CT molecular complexity index is 738. The molecule has 0 spiro atoms. The van der Waals surface area contributed by atoms with Gasteiger partial charge in [0, 0.05) is 12.6 Å². The quantitative estimate of drug-likeness (QED) is 0.792. The van der Waals surface area contributed by atoms with Crippen LogP contribution in [-0.4, -0.2) is 19.3 Å². The van der Waals surface area contributed by atoms with Crippen molar-refractivity contribution < 1.29 is 0 Å². The standard InChI is InChI=1S/C15H19N5/c1-3-4-9-19-13-8-6-5-7-12(13)17-15(19)20-14(16)10-11(2)18-20/h5-8,10H,3-4,9,16H2,1-2H3. The maximum Gasteiger partial charge on any atom is 0.233 e. The number of nitrogens with two attached hydrogens (primary N) is 1. The molecule has 0 bridgehead atoms. The van der Waals surface area contributed by atoms with Crippen LogP contribution in [0.15, 0.2) is 30.3 Å². The van der Waals surface area contributed by atoms with Gasteiger partial charge in [0.2, 0.25) is 5.95 Å². The number of fused-ring (bicyclic) bond motifs is 1. The summed E-state index contributed by atoms with van der Waals surface area (Å²) in [5.41, 5.74) is 9.05. The number of unbranched alkanes of at least 4 members (excludes halogenated alkanes) is 1. The van der Waals surface area contributed by atoms with Crippen molar-refractivity contribution in [1.29, 1.82) is 0 Å². The SMILES string of the molecule is CCCCn1c(-n2nc(C)cc2N)nc2ccccc21.